The summed E-state index contributed by atoms with van der Waals surface area (Å²) in [5.41, 5.74) is 3.42. The third-order valence-electron chi connectivity index (χ3n) is 4.16. The zero-order valence-electron chi connectivity index (χ0n) is 15.5. The van der Waals surface area contributed by atoms with E-state index in [0.717, 1.165) is 11.3 Å². The van der Waals surface area contributed by atoms with Gasteiger partial charge in [-0.25, -0.2) is 0 Å². The summed E-state index contributed by atoms with van der Waals surface area (Å²) in [6.07, 6.45) is 1.13. The number of rotatable bonds is 8. The molecule has 0 saturated heterocycles. The third kappa shape index (κ3) is 6.29. The van der Waals surface area contributed by atoms with E-state index >= 15 is 0 Å². The molecule has 2 amide bonds. The van der Waals surface area contributed by atoms with E-state index in [1.165, 1.54) is 0 Å². The van der Waals surface area contributed by atoms with Crippen LogP contribution >= 0.6 is 0 Å². The van der Waals surface area contributed by atoms with E-state index in [1.54, 1.807) is 24.3 Å². The van der Waals surface area contributed by atoms with Crippen molar-refractivity contribution in [2.75, 3.05) is 22.5 Å². The molecular weight excluding hydrogens is 350 g/mol. The molecule has 0 radical (unpaired) electrons. The van der Waals surface area contributed by atoms with Gasteiger partial charge in [-0.2, -0.15) is 0 Å². The highest BCUT2D eigenvalue weighted by molar-refractivity contribution is 5.94. The van der Waals surface area contributed by atoms with Crippen LogP contribution in [0.5, 0.6) is 0 Å². The van der Waals surface area contributed by atoms with Gasteiger partial charge in [0.2, 0.25) is 11.8 Å². The fourth-order valence-electron chi connectivity index (χ4n) is 2.71. The van der Waals surface area contributed by atoms with Crippen molar-refractivity contribution in [1.82, 2.24) is 0 Å². The van der Waals surface area contributed by atoms with E-state index in [0.29, 0.717) is 24.2 Å². The van der Waals surface area contributed by atoms with E-state index < -0.39 is 0 Å². The lowest BCUT2D eigenvalue weighted by Crippen LogP contribution is -2.21. The van der Waals surface area contributed by atoms with Gasteiger partial charge in [-0.1, -0.05) is 48.5 Å². The van der Waals surface area contributed by atoms with E-state index in [2.05, 4.69) is 16.0 Å². The number of aryl methyl sites for hydroxylation is 1. The maximum absolute atomic E-state index is 12.1. The predicted molar refractivity (Wildman–Crippen MR) is 113 cm³/mol. The van der Waals surface area contributed by atoms with Gasteiger partial charge in [-0.3, -0.25) is 9.59 Å². The first-order valence-corrected chi connectivity index (χ1v) is 9.22. The summed E-state index contributed by atoms with van der Waals surface area (Å²) in [5, 5.41) is 8.76. The van der Waals surface area contributed by atoms with Crippen LogP contribution in [0.25, 0.3) is 0 Å². The highest BCUT2D eigenvalue weighted by Crippen LogP contribution is 2.14. The number of para-hydroxylation sites is 1. The van der Waals surface area contributed by atoms with Gasteiger partial charge in [0.15, 0.2) is 0 Å². The summed E-state index contributed by atoms with van der Waals surface area (Å²) < 4.78 is 0. The molecule has 3 aromatic rings. The van der Waals surface area contributed by atoms with Crippen molar-refractivity contribution in [2.45, 2.75) is 12.8 Å². The first-order valence-electron chi connectivity index (χ1n) is 9.22. The van der Waals surface area contributed by atoms with Crippen LogP contribution in [-0.4, -0.2) is 18.4 Å². The van der Waals surface area contributed by atoms with Crippen molar-refractivity contribution in [3.05, 3.63) is 90.5 Å². The maximum Gasteiger partial charge on any atom is 0.243 e. The number of hydrogen-bond donors (Lipinski definition) is 3. The number of anilines is 3. The zero-order valence-corrected chi connectivity index (χ0v) is 15.5. The van der Waals surface area contributed by atoms with Crippen molar-refractivity contribution >= 4 is 28.9 Å². The van der Waals surface area contributed by atoms with Gasteiger partial charge >= 0.3 is 0 Å². The molecule has 3 rings (SSSR count). The Labute approximate surface area is 164 Å². The lowest BCUT2D eigenvalue weighted by atomic mass is 10.1. The standard InChI is InChI=1S/C23H23N3O2/c27-22(16-11-18-7-3-1-4-8-18)25-20-12-14-21(15-13-20)26-23(28)17-24-19-9-5-2-6-10-19/h1-10,12-15,24H,11,16-17H2,(H,25,27)(H,26,28). The van der Waals surface area contributed by atoms with Gasteiger partial charge in [0.05, 0.1) is 6.54 Å². The number of hydrogen-bond acceptors (Lipinski definition) is 3. The average Bonchev–Trinajstić information content (AvgIpc) is 2.74. The van der Waals surface area contributed by atoms with Crippen LogP contribution in [0.1, 0.15) is 12.0 Å². The van der Waals surface area contributed by atoms with Crippen molar-refractivity contribution in [3.8, 4) is 0 Å². The fraction of sp³-hybridized carbons (Fsp3) is 0.130. The second-order valence-corrected chi connectivity index (χ2v) is 6.38. The minimum Gasteiger partial charge on any atom is -0.376 e. The Kier molecular flexibility index (Phi) is 6.79. The van der Waals surface area contributed by atoms with Crippen LogP contribution in [0.15, 0.2) is 84.9 Å². The lowest BCUT2D eigenvalue weighted by molar-refractivity contribution is -0.116. The molecule has 0 aromatic heterocycles. The van der Waals surface area contributed by atoms with Crippen LogP contribution in [0.2, 0.25) is 0 Å². The molecular formula is C23H23N3O2. The molecule has 0 aliphatic rings. The zero-order chi connectivity index (χ0) is 19.6. The van der Waals surface area contributed by atoms with Gasteiger partial charge in [0.1, 0.15) is 0 Å². The number of carbonyl (C=O) groups excluding carboxylic acids is 2. The SMILES string of the molecule is O=C(CCc1ccccc1)Nc1ccc(NC(=O)CNc2ccccc2)cc1. The van der Waals surface area contributed by atoms with Gasteiger partial charge < -0.3 is 16.0 Å². The molecule has 0 saturated carbocycles. The first-order chi connectivity index (χ1) is 13.7. The Morgan fingerprint density at radius 2 is 1.14 bits per heavy atom. The summed E-state index contributed by atoms with van der Waals surface area (Å²) in [4.78, 5) is 24.1. The minimum atomic E-state index is -0.136. The number of nitrogens with one attached hydrogen (secondary N) is 3. The Balaban J connectivity index is 1.42. The lowest BCUT2D eigenvalue weighted by Gasteiger charge is -2.09. The molecule has 28 heavy (non-hydrogen) atoms. The quantitative estimate of drug-likeness (QED) is 0.551. The Morgan fingerprint density at radius 1 is 0.607 bits per heavy atom. The fourth-order valence-corrected chi connectivity index (χ4v) is 2.71. The van der Waals surface area contributed by atoms with Gasteiger partial charge in [0, 0.05) is 23.5 Å². The molecule has 5 nitrogen and oxygen atoms in total. The second-order valence-electron chi connectivity index (χ2n) is 6.38. The maximum atomic E-state index is 12.1. The summed E-state index contributed by atoms with van der Waals surface area (Å²) in [6, 6.07) is 26.6. The highest BCUT2D eigenvalue weighted by Gasteiger charge is 2.05. The van der Waals surface area contributed by atoms with Crippen LogP contribution < -0.4 is 16.0 Å². The van der Waals surface area contributed by atoms with Crippen LogP contribution in [0.3, 0.4) is 0 Å². The Morgan fingerprint density at radius 3 is 1.75 bits per heavy atom. The largest absolute Gasteiger partial charge is 0.376 e. The third-order valence-corrected chi connectivity index (χ3v) is 4.16. The molecule has 0 aliphatic heterocycles. The molecule has 3 aromatic carbocycles. The smallest absolute Gasteiger partial charge is 0.243 e. The number of benzene rings is 3. The molecule has 0 fully saturated rings. The molecule has 0 heterocycles. The van der Waals surface area contributed by atoms with Crippen LogP contribution in [0, 0.1) is 0 Å². The first kappa shape index (κ1) is 19.2. The van der Waals surface area contributed by atoms with Crippen molar-refractivity contribution < 1.29 is 9.59 Å². The van der Waals surface area contributed by atoms with Gasteiger partial charge in [-0.05, 0) is 48.4 Å². The number of amides is 2. The molecule has 0 bridgehead atoms. The van der Waals surface area contributed by atoms with E-state index in [9.17, 15) is 9.59 Å². The summed E-state index contributed by atoms with van der Waals surface area (Å²) in [6.45, 7) is 0.183. The molecule has 0 spiro atoms. The highest BCUT2D eigenvalue weighted by atomic mass is 16.2. The molecule has 0 aliphatic carbocycles. The molecule has 5 heteroatoms. The monoisotopic (exact) mass is 373 g/mol. The van der Waals surface area contributed by atoms with Gasteiger partial charge in [0.25, 0.3) is 0 Å². The molecule has 0 unspecified atom stereocenters. The van der Waals surface area contributed by atoms with Gasteiger partial charge in [-0.15, -0.1) is 0 Å². The summed E-state index contributed by atoms with van der Waals surface area (Å²) in [7, 11) is 0. The average molecular weight is 373 g/mol. The number of carbonyl (C=O) groups is 2. The van der Waals surface area contributed by atoms with E-state index in [1.807, 2.05) is 60.7 Å². The van der Waals surface area contributed by atoms with Crippen molar-refractivity contribution in [1.29, 1.82) is 0 Å². The molecule has 3 N–H and O–H groups in total. The van der Waals surface area contributed by atoms with Crippen molar-refractivity contribution in [3.63, 3.8) is 0 Å². The summed E-state index contributed by atoms with van der Waals surface area (Å²) in [5.74, 6) is -0.170. The Hall–Kier alpha value is -3.60. The molecule has 0 atom stereocenters. The second kappa shape index (κ2) is 9.92. The predicted octanol–water partition coefficient (Wildman–Crippen LogP) is 4.31. The molecule has 142 valence electrons. The van der Waals surface area contributed by atoms with E-state index in [-0.39, 0.29) is 18.4 Å². The van der Waals surface area contributed by atoms with E-state index in [4.69, 9.17) is 0 Å². The summed E-state index contributed by atoms with van der Waals surface area (Å²) >= 11 is 0. The topological polar surface area (TPSA) is 70.2 Å². The van der Waals surface area contributed by atoms with Crippen molar-refractivity contribution in [2.24, 2.45) is 0 Å². The van der Waals surface area contributed by atoms with Crippen LogP contribution in [-0.2, 0) is 16.0 Å². The Bertz CT molecular complexity index is 818. The van der Waals surface area contributed by atoms with Crippen LogP contribution in [0.4, 0.5) is 17.1 Å². The minimum absolute atomic E-state index is 0.0345. The normalized spacial score (nSPS) is 10.1.